The molecule has 0 N–H and O–H groups in total. The number of rotatable bonds is 7. The van der Waals surface area contributed by atoms with Crippen LogP contribution < -0.4 is 9.64 Å². The number of hydrogen-bond donors (Lipinski definition) is 0. The van der Waals surface area contributed by atoms with Crippen molar-refractivity contribution in [2.24, 2.45) is 0 Å². The van der Waals surface area contributed by atoms with E-state index in [4.69, 9.17) is 15.3 Å². The molecule has 1 atom stereocenters. The monoisotopic (exact) mass is 399 g/mol. The normalized spacial score (nSPS) is 14.8. The lowest BCUT2D eigenvalue weighted by molar-refractivity contribution is 0.216. The maximum Gasteiger partial charge on any atom is 0.169 e. The van der Waals surface area contributed by atoms with Crippen molar-refractivity contribution in [2.45, 2.75) is 58.1 Å². The van der Waals surface area contributed by atoms with Crippen molar-refractivity contribution in [3.05, 3.63) is 65.2 Å². The highest BCUT2D eigenvalue weighted by molar-refractivity contribution is 5.64. The second-order valence-electron chi connectivity index (χ2n) is 7.78. The summed E-state index contributed by atoms with van der Waals surface area (Å²) in [5, 5.41) is 17.8. The summed E-state index contributed by atoms with van der Waals surface area (Å²) in [7, 11) is 0. The molecule has 0 amide bonds. The van der Waals surface area contributed by atoms with Gasteiger partial charge in [-0.2, -0.15) is 10.5 Å². The van der Waals surface area contributed by atoms with E-state index in [0.717, 1.165) is 23.5 Å². The van der Waals surface area contributed by atoms with Gasteiger partial charge in [0.2, 0.25) is 0 Å². The molecule has 2 aromatic carbocycles. The average Bonchev–Trinajstić information content (AvgIpc) is 2.80. The average molecular weight is 400 g/mol. The van der Waals surface area contributed by atoms with E-state index in [9.17, 15) is 0 Å². The van der Waals surface area contributed by atoms with Crippen LogP contribution in [0.1, 0.15) is 63.0 Å². The minimum Gasteiger partial charge on any atom is -0.471 e. The van der Waals surface area contributed by atoms with Gasteiger partial charge >= 0.3 is 0 Å². The van der Waals surface area contributed by atoms with E-state index >= 15 is 0 Å². The molecule has 2 aromatic rings. The van der Waals surface area contributed by atoms with Crippen LogP contribution >= 0.6 is 0 Å². The zero-order chi connectivity index (χ0) is 21.3. The molecular formula is C26H29N3O. The lowest BCUT2D eigenvalue weighted by Gasteiger charge is -2.30. The summed E-state index contributed by atoms with van der Waals surface area (Å²) in [6.07, 6.45) is 8.13. The van der Waals surface area contributed by atoms with E-state index in [1.54, 1.807) is 6.08 Å². The molecule has 0 radical (unpaired) electrons. The van der Waals surface area contributed by atoms with Crippen LogP contribution in [0.4, 0.5) is 5.69 Å². The van der Waals surface area contributed by atoms with Gasteiger partial charge in [-0.3, -0.25) is 0 Å². The maximum atomic E-state index is 8.91. The molecule has 1 fully saturated rings. The Bertz CT molecular complexity index is 910. The molecule has 154 valence electrons. The minimum atomic E-state index is -0.120. The predicted octanol–water partition coefficient (Wildman–Crippen LogP) is 6.42. The minimum absolute atomic E-state index is 0.100. The third-order valence-corrected chi connectivity index (χ3v) is 5.82. The van der Waals surface area contributed by atoms with Crippen LogP contribution in [0.25, 0.3) is 6.08 Å². The van der Waals surface area contributed by atoms with Crippen LogP contribution in [0.15, 0.2) is 54.1 Å². The second kappa shape index (κ2) is 10.5. The lowest BCUT2D eigenvalue weighted by Crippen LogP contribution is -2.37. The highest BCUT2D eigenvalue weighted by Gasteiger charge is 2.17. The third-order valence-electron chi connectivity index (χ3n) is 5.82. The van der Waals surface area contributed by atoms with Crippen molar-refractivity contribution >= 4 is 11.8 Å². The first-order valence-electron chi connectivity index (χ1n) is 10.8. The molecule has 30 heavy (non-hydrogen) atoms. The first kappa shape index (κ1) is 21.5. The number of allylic oxidation sites excluding steroid dienone is 1. The first-order valence-corrected chi connectivity index (χ1v) is 10.8. The van der Waals surface area contributed by atoms with E-state index in [1.165, 1.54) is 37.7 Å². The van der Waals surface area contributed by atoms with E-state index in [-0.39, 0.29) is 11.8 Å². The van der Waals surface area contributed by atoms with Crippen molar-refractivity contribution in [2.75, 3.05) is 11.4 Å². The number of anilines is 1. The number of benzene rings is 2. The fraction of sp³-hybridized carbons (Fsp3) is 0.385. The standard InChI is InChI=1S/C26H29N3O/c1-3-29(25-13-9-21(10-14-25)17-22(18-27)19-28)20(2)30-26-15-11-24(12-16-26)23-7-5-4-6-8-23/h9-17,20,23H,3-8H2,1-2H3. The van der Waals surface area contributed by atoms with Gasteiger partial charge in [-0.1, -0.05) is 43.5 Å². The van der Waals surface area contributed by atoms with Gasteiger partial charge in [0.05, 0.1) is 0 Å². The molecule has 0 aliphatic heterocycles. The highest BCUT2D eigenvalue weighted by Crippen LogP contribution is 2.33. The van der Waals surface area contributed by atoms with E-state index in [2.05, 4.69) is 43.0 Å². The zero-order valence-electron chi connectivity index (χ0n) is 17.8. The van der Waals surface area contributed by atoms with Crippen LogP contribution in [0.5, 0.6) is 5.75 Å². The van der Waals surface area contributed by atoms with Crippen molar-refractivity contribution in [3.63, 3.8) is 0 Å². The maximum absolute atomic E-state index is 8.91. The molecule has 1 aliphatic rings. The van der Waals surface area contributed by atoms with Gasteiger partial charge in [-0.05, 0) is 74.1 Å². The number of nitrogens with zero attached hydrogens (tertiary/aromatic N) is 3. The Kier molecular flexibility index (Phi) is 7.52. The summed E-state index contributed by atoms with van der Waals surface area (Å²) >= 11 is 0. The van der Waals surface area contributed by atoms with Gasteiger partial charge in [0, 0.05) is 12.2 Å². The molecule has 0 saturated heterocycles. The molecule has 1 aliphatic carbocycles. The summed E-state index contributed by atoms with van der Waals surface area (Å²) in [5.41, 5.74) is 3.40. The second-order valence-corrected chi connectivity index (χ2v) is 7.78. The van der Waals surface area contributed by atoms with Gasteiger partial charge in [0.15, 0.2) is 6.23 Å². The Morgan fingerprint density at radius 2 is 1.67 bits per heavy atom. The van der Waals surface area contributed by atoms with Crippen molar-refractivity contribution in [3.8, 4) is 17.9 Å². The summed E-state index contributed by atoms with van der Waals surface area (Å²) in [5.74, 6) is 1.58. The molecule has 4 heteroatoms. The van der Waals surface area contributed by atoms with Gasteiger partial charge in [-0.15, -0.1) is 0 Å². The van der Waals surface area contributed by atoms with Crippen LogP contribution in [-0.4, -0.2) is 12.8 Å². The van der Waals surface area contributed by atoms with Crippen LogP contribution in [-0.2, 0) is 0 Å². The summed E-state index contributed by atoms with van der Waals surface area (Å²) in [6, 6.07) is 20.2. The lowest BCUT2D eigenvalue weighted by atomic mass is 9.84. The molecule has 1 unspecified atom stereocenters. The summed E-state index contributed by atoms with van der Waals surface area (Å²) < 4.78 is 6.22. The SMILES string of the molecule is CCN(c1ccc(C=C(C#N)C#N)cc1)C(C)Oc1ccc(C2CCCCC2)cc1. The van der Waals surface area contributed by atoms with E-state index < -0.39 is 0 Å². The largest absolute Gasteiger partial charge is 0.471 e. The first-order chi connectivity index (χ1) is 14.6. The number of nitriles is 2. The Morgan fingerprint density at radius 3 is 2.23 bits per heavy atom. The molecule has 0 spiro atoms. The van der Waals surface area contributed by atoms with Crippen LogP contribution in [0, 0.1) is 22.7 Å². The molecule has 0 aromatic heterocycles. The topological polar surface area (TPSA) is 60.0 Å². The van der Waals surface area contributed by atoms with Crippen LogP contribution in [0.2, 0.25) is 0 Å². The summed E-state index contributed by atoms with van der Waals surface area (Å²) in [4.78, 5) is 2.18. The quantitative estimate of drug-likeness (QED) is 0.398. The molecule has 1 saturated carbocycles. The highest BCUT2D eigenvalue weighted by atomic mass is 16.5. The fourth-order valence-corrected chi connectivity index (χ4v) is 4.18. The van der Waals surface area contributed by atoms with Crippen LogP contribution in [0.3, 0.4) is 0 Å². The summed E-state index contributed by atoms with van der Waals surface area (Å²) in [6.45, 7) is 4.96. The van der Waals surface area contributed by atoms with Gasteiger partial charge < -0.3 is 9.64 Å². The van der Waals surface area contributed by atoms with Crippen molar-refractivity contribution in [1.29, 1.82) is 10.5 Å². The van der Waals surface area contributed by atoms with E-state index in [0.29, 0.717) is 5.92 Å². The fourth-order valence-electron chi connectivity index (χ4n) is 4.18. The zero-order valence-corrected chi connectivity index (χ0v) is 17.8. The van der Waals surface area contributed by atoms with Gasteiger partial charge in [-0.25, -0.2) is 0 Å². The van der Waals surface area contributed by atoms with E-state index in [1.807, 2.05) is 36.4 Å². The number of hydrogen-bond acceptors (Lipinski definition) is 4. The third kappa shape index (κ3) is 5.43. The molecular weight excluding hydrogens is 370 g/mol. The Morgan fingerprint density at radius 1 is 1.03 bits per heavy atom. The molecule has 0 heterocycles. The molecule has 0 bridgehead atoms. The van der Waals surface area contributed by atoms with Crippen molar-refractivity contribution in [1.82, 2.24) is 0 Å². The van der Waals surface area contributed by atoms with Gasteiger partial charge in [0.1, 0.15) is 23.5 Å². The Labute approximate surface area is 180 Å². The number of ether oxygens (including phenoxy) is 1. The molecule has 4 nitrogen and oxygen atoms in total. The Hall–Kier alpha value is -3.24. The van der Waals surface area contributed by atoms with Gasteiger partial charge in [0.25, 0.3) is 0 Å². The Balaban J connectivity index is 1.66. The predicted molar refractivity (Wildman–Crippen MR) is 121 cm³/mol. The smallest absolute Gasteiger partial charge is 0.169 e. The molecule has 3 rings (SSSR count). The van der Waals surface area contributed by atoms with Crippen molar-refractivity contribution < 1.29 is 4.74 Å².